The second kappa shape index (κ2) is 9.17. The Kier molecular flexibility index (Phi) is 6.94. The molecule has 0 radical (unpaired) electrons. The number of nitrogens with one attached hydrogen (secondary N) is 2. The van der Waals surface area contributed by atoms with Crippen molar-refractivity contribution in [3.8, 4) is 11.5 Å². The summed E-state index contributed by atoms with van der Waals surface area (Å²) in [6.07, 6.45) is 1.86. The number of nitro benzene ring substituents is 1. The molecule has 1 fully saturated rings. The number of hydrogen-bond acceptors (Lipinski definition) is 5. The van der Waals surface area contributed by atoms with E-state index in [2.05, 4.69) is 10.6 Å². The van der Waals surface area contributed by atoms with E-state index in [1.807, 2.05) is 18.2 Å². The van der Waals surface area contributed by atoms with Gasteiger partial charge in [0.15, 0.2) is 0 Å². The second-order valence-corrected chi connectivity index (χ2v) is 5.87. The maximum absolute atomic E-state index is 12.7. The summed E-state index contributed by atoms with van der Waals surface area (Å²) in [5.74, 6) is 0.478. The monoisotopic (exact) mass is 377 g/mol. The van der Waals surface area contributed by atoms with Gasteiger partial charge in [-0.3, -0.25) is 14.9 Å². The van der Waals surface area contributed by atoms with E-state index in [1.54, 1.807) is 12.1 Å². The number of nitrogens with zero attached hydrogens (tertiary/aromatic N) is 1. The van der Waals surface area contributed by atoms with Gasteiger partial charge in [0.2, 0.25) is 0 Å². The van der Waals surface area contributed by atoms with Crippen molar-refractivity contribution in [3.63, 3.8) is 0 Å². The Labute approximate surface area is 157 Å². The Morgan fingerprint density at radius 1 is 1.23 bits per heavy atom. The number of benzene rings is 2. The van der Waals surface area contributed by atoms with Crippen LogP contribution in [0, 0.1) is 10.1 Å². The molecule has 0 bridgehead atoms. The molecule has 1 amide bonds. The van der Waals surface area contributed by atoms with E-state index in [0.717, 1.165) is 19.4 Å². The number of carbonyl (C=O) groups is 1. The Morgan fingerprint density at radius 3 is 2.65 bits per heavy atom. The van der Waals surface area contributed by atoms with Crippen molar-refractivity contribution in [2.45, 2.75) is 18.9 Å². The highest BCUT2D eigenvalue weighted by molar-refractivity contribution is 5.98. The highest BCUT2D eigenvalue weighted by atomic mass is 35.5. The summed E-state index contributed by atoms with van der Waals surface area (Å²) in [6.45, 7) is 1.63. The molecule has 2 aromatic carbocycles. The maximum atomic E-state index is 12.7. The van der Waals surface area contributed by atoms with Crippen LogP contribution in [-0.4, -0.2) is 30.0 Å². The molecule has 0 saturated carbocycles. The lowest BCUT2D eigenvalue weighted by Crippen LogP contribution is -2.45. The highest BCUT2D eigenvalue weighted by Gasteiger charge is 2.22. The van der Waals surface area contributed by atoms with Crippen molar-refractivity contribution in [1.29, 1.82) is 0 Å². The molecule has 1 aliphatic rings. The standard InChI is InChI=1S/C18H19N3O4.ClH/c22-18(20-13-5-4-10-19-12-13)16-11-14(21(23)24)8-9-17(16)25-15-6-2-1-3-7-15;/h1-3,6-9,11,13,19H,4-5,10,12H2,(H,20,22);1H. The lowest BCUT2D eigenvalue weighted by molar-refractivity contribution is -0.384. The summed E-state index contributed by atoms with van der Waals surface area (Å²) in [5, 5.41) is 17.2. The molecule has 0 aliphatic carbocycles. The molecule has 7 nitrogen and oxygen atoms in total. The minimum Gasteiger partial charge on any atom is -0.457 e. The fraction of sp³-hybridized carbons (Fsp3) is 0.278. The first-order valence-electron chi connectivity index (χ1n) is 8.16. The average Bonchev–Trinajstić information content (AvgIpc) is 2.63. The normalized spacial score (nSPS) is 16.2. The van der Waals surface area contributed by atoms with Gasteiger partial charge < -0.3 is 15.4 Å². The first-order chi connectivity index (χ1) is 12.1. The summed E-state index contributed by atoms with van der Waals surface area (Å²) in [6, 6.07) is 13.0. The van der Waals surface area contributed by atoms with Crippen molar-refractivity contribution < 1.29 is 14.5 Å². The number of piperidine rings is 1. The number of para-hydroxylation sites is 1. The van der Waals surface area contributed by atoms with Crippen LogP contribution in [0.15, 0.2) is 48.5 Å². The third-order valence-corrected chi connectivity index (χ3v) is 4.02. The van der Waals surface area contributed by atoms with Crippen molar-refractivity contribution in [1.82, 2.24) is 10.6 Å². The second-order valence-electron chi connectivity index (χ2n) is 5.87. The minimum atomic E-state index is -0.523. The van der Waals surface area contributed by atoms with Crippen LogP contribution in [0.1, 0.15) is 23.2 Å². The smallest absolute Gasteiger partial charge is 0.270 e. The molecule has 138 valence electrons. The van der Waals surface area contributed by atoms with E-state index < -0.39 is 4.92 Å². The van der Waals surface area contributed by atoms with Crippen molar-refractivity contribution in [2.24, 2.45) is 0 Å². The van der Waals surface area contributed by atoms with Crippen molar-refractivity contribution in [3.05, 3.63) is 64.2 Å². The van der Waals surface area contributed by atoms with Crippen LogP contribution in [-0.2, 0) is 0 Å². The Balaban J connectivity index is 0.00000243. The molecule has 8 heteroatoms. The molecular formula is C18H20ClN3O4. The van der Waals surface area contributed by atoms with E-state index in [4.69, 9.17) is 4.74 Å². The largest absolute Gasteiger partial charge is 0.457 e. The van der Waals surface area contributed by atoms with Gasteiger partial charge in [-0.15, -0.1) is 12.4 Å². The molecule has 0 spiro atoms. The fourth-order valence-electron chi connectivity index (χ4n) is 2.75. The van der Waals surface area contributed by atoms with Crippen LogP contribution in [0.2, 0.25) is 0 Å². The number of halogens is 1. The average molecular weight is 378 g/mol. The van der Waals surface area contributed by atoms with Gasteiger partial charge in [-0.25, -0.2) is 0 Å². The Hall–Kier alpha value is -2.64. The molecule has 1 unspecified atom stereocenters. The third kappa shape index (κ3) is 4.93. The first kappa shape index (κ1) is 19.7. The van der Waals surface area contributed by atoms with Crippen LogP contribution in [0.4, 0.5) is 5.69 Å². The molecule has 2 aromatic rings. The summed E-state index contributed by atoms with van der Waals surface area (Å²) in [5.41, 5.74) is 0.0101. The number of nitro groups is 1. The summed E-state index contributed by atoms with van der Waals surface area (Å²) < 4.78 is 5.76. The van der Waals surface area contributed by atoms with Gasteiger partial charge in [0, 0.05) is 24.7 Å². The Bertz CT molecular complexity index is 764. The van der Waals surface area contributed by atoms with Gasteiger partial charge in [0.1, 0.15) is 11.5 Å². The molecule has 1 heterocycles. The van der Waals surface area contributed by atoms with E-state index in [-0.39, 0.29) is 41.4 Å². The maximum Gasteiger partial charge on any atom is 0.270 e. The number of hydrogen-bond donors (Lipinski definition) is 2. The summed E-state index contributed by atoms with van der Waals surface area (Å²) in [7, 11) is 0. The highest BCUT2D eigenvalue weighted by Crippen LogP contribution is 2.29. The molecule has 0 aromatic heterocycles. The number of amides is 1. The Morgan fingerprint density at radius 2 is 2.00 bits per heavy atom. The van der Waals surface area contributed by atoms with Crippen LogP contribution >= 0.6 is 12.4 Å². The molecule has 3 rings (SSSR count). The molecule has 1 saturated heterocycles. The number of rotatable bonds is 5. The summed E-state index contributed by atoms with van der Waals surface area (Å²) >= 11 is 0. The molecular weight excluding hydrogens is 358 g/mol. The van der Waals surface area contributed by atoms with Gasteiger partial charge in [0.25, 0.3) is 11.6 Å². The molecule has 2 N–H and O–H groups in total. The summed E-state index contributed by atoms with van der Waals surface area (Å²) in [4.78, 5) is 23.2. The molecule has 1 aliphatic heterocycles. The van der Waals surface area contributed by atoms with Crippen molar-refractivity contribution in [2.75, 3.05) is 13.1 Å². The van der Waals surface area contributed by atoms with Crippen molar-refractivity contribution >= 4 is 24.0 Å². The SMILES string of the molecule is Cl.O=C(NC1CCCNC1)c1cc([N+](=O)[O-])ccc1Oc1ccccc1. The van der Waals surface area contributed by atoms with E-state index >= 15 is 0 Å². The lowest BCUT2D eigenvalue weighted by Gasteiger charge is -2.24. The lowest BCUT2D eigenvalue weighted by atomic mass is 10.1. The van der Waals surface area contributed by atoms with Gasteiger partial charge in [-0.1, -0.05) is 18.2 Å². The van der Waals surface area contributed by atoms with E-state index in [9.17, 15) is 14.9 Å². The minimum absolute atomic E-state index is 0. The van der Waals surface area contributed by atoms with Crippen LogP contribution in [0.5, 0.6) is 11.5 Å². The predicted molar refractivity (Wildman–Crippen MR) is 100 cm³/mol. The number of non-ortho nitro benzene ring substituents is 1. The zero-order valence-electron chi connectivity index (χ0n) is 14.0. The van der Waals surface area contributed by atoms with E-state index in [0.29, 0.717) is 12.3 Å². The van der Waals surface area contributed by atoms with Gasteiger partial charge >= 0.3 is 0 Å². The fourth-order valence-corrected chi connectivity index (χ4v) is 2.75. The predicted octanol–water partition coefficient (Wildman–Crippen LogP) is 3.29. The topological polar surface area (TPSA) is 93.5 Å². The van der Waals surface area contributed by atoms with Gasteiger partial charge in [-0.2, -0.15) is 0 Å². The van der Waals surface area contributed by atoms with Crippen LogP contribution < -0.4 is 15.4 Å². The molecule has 1 atom stereocenters. The quantitative estimate of drug-likeness (QED) is 0.616. The first-order valence-corrected chi connectivity index (χ1v) is 8.16. The number of carbonyl (C=O) groups excluding carboxylic acids is 1. The van der Waals surface area contributed by atoms with Crippen LogP contribution in [0.3, 0.4) is 0 Å². The molecule has 26 heavy (non-hydrogen) atoms. The zero-order chi connectivity index (χ0) is 17.6. The zero-order valence-corrected chi connectivity index (χ0v) is 14.8. The number of ether oxygens (including phenoxy) is 1. The van der Waals surface area contributed by atoms with Gasteiger partial charge in [0.05, 0.1) is 10.5 Å². The van der Waals surface area contributed by atoms with Crippen LogP contribution in [0.25, 0.3) is 0 Å². The van der Waals surface area contributed by atoms with Gasteiger partial charge in [-0.05, 0) is 37.6 Å². The third-order valence-electron chi connectivity index (χ3n) is 4.02. The van der Waals surface area contributed by atoms with E-state index in [1.165, 1.54) is 18.2 Å².